The van der Waals surface area contributed by atoms with Gasteiger partial charge in [-0.1, -0.05) is 24.3 Å². The van der Waals surface area contributed by atoms with Crippen LogP contribution in [-0.4, -0.2) is 34.0 Å². The van der Waals surface area contributed by atoms with Gasteiger partial charge in [0, 0.05) is 25.2 Å². The van der Waals surface area contributed by atoms with Crippen LogP contribution in [0.4, 0.5) is 11.5 Å². The predicted molar refractivity (Wildman–Crippen MR) is 105 cm³/mol. The quantitative estimate of drug-likeness (QED) is 0.499. The first kappa shape index (κ1) is 18.0. The first-order chi connectivity index (χ1) is 13.6. The second-order valence-electron chi connectivity index (χ2n) is 6.85. The number of nitro groups is 1. The zero-order valence-corrected chi connectivity index (χ0v) is 15.2. The molecule has 1 aliphatic heterocycles. The minimum Gasteiger partial charge on any atom is -0.493 e. The third kappa shape index (κ3) is 3.53. The highest BCUT2D eigenvalue weighted by Crippen LogP contribution is 2.28. The van der Waals surface area contributed by atoms with Gasteiger partial charge in [0.05, 0.1) is 11.5 Å². The van der Waals surface area contributed by atoms with Crippen LogP contribution in [-0.2, 0) is 0 Å². The van der Waals surface area contributed by atoms with Gasteiger partial charge in [-0.25, -0.2) is 4.98 Å². The Hall–Kier alpha value is -3.42. The van der Waals surface area contributed by atoms with Gasteiger partial charge in [0.1, 0.15) is 11.4 Å². The van der Waals surface area contributed by atoms with E-state index in [9.17, 15) is 14.9 Å². The van der Waals surface area contributed by atoms with Crippen molar-refractivity contribution in [3.63, 3.8) is 0 Å². The van der Waals surface area contributed by atoms with Gasteiger partial charge in [-0.05, 0) is 37.1 Å². The van der Waals surface area contributed by atoms with Gasteiger partial charge in [0.15, 0.2) is 0 Å². The molecule has 0 radical (unpaired) electrons. The number of rotatable bonds is 5. The largest absolute Gasteiger partial charge is 0.493 e. The summed E-state index contributed by atoms with van der Waals surface area (Å²) in [5.41, 5.74) is -0.739. The van der Waals surface area contributed by atoms with E-state index in [1.54, 1.807) is 18.2 Å². The molecule has 0 bridgehead atoms. The number of para-hydroxylation sites is 1. The molecule has 3 heterocycles. The standard InChI is InChI=1S/C20H20N4O4/c25-20-18(24(26)27)19(21-17-10-4-5-12-23(17)20)22-11-6-7-15(13-22)14-28-16-8-2-1-3-9-16/h1-5,8-10,12,15H,6-7,11,13-14H2. The summed E-state index contributed by atoms with van der Waals surface area (Å²) in [6.45, 7) is 1.70. The zero-order chi connectivity index (χ0) is 19.5. The Morgan fingerprint density at radius 2 is 1.96 bits per heavy atom. The molecular weight excluding hydrogens is 360 g/mol. The summed E-state index contributed by atoms with van der Waals surface area (Å²) in [5, 5.41) is 11.6. The smallest absolute Gasteiger partial charge is 0.376 e. The second kappa shape index (κ2) is 7.67. The lowest BCUT2D eigenvalue weighted by molar-refractivity contribution is -0.385. The minimum atomic E-state index is -0.659. The highest BCUT2D eigenvalue weighted by molar-refractivity contribution is 5.61. The fourth-order valence-corrected chi connectivity index (χ4v) is 3.57. The number of ether oxygens (including phenoxy) is 1. The van der Waals surface area contributed by atoms with E-state index in [0.717, 1.165) is 18.6 Å². The molecule has 1 unspecified atom stereocenters. The summed E-state index contributed by atoms with van der Waals surface area (Å²) >= 11 is 0. The van der Waals surface area contributed by atoms with Gasteiger partial charge >= 0.3 is 11.2 Å². The van der Waals surface area contributed by atoms with Gasteiger partial charge in [-0.15, -0.1) is 0 Å². The van der Waals surface area contributed by atoms with Crippen molar-refractivity contribution >= 4 is 17.2 Å². The maximum Gasteiger partial charge on any atom is 0.376 e. The number of benzene rings is 1. The molecule has 28 heavy (non-hydrogen) atoms. The van der Waals surface area contributed by atoms with Gasteiger partial charge in [-0.2, -0.15) is 0 Å². The molecule has 1 atom stereocenters. The summed E-state index contributed by atoms with van der Waals surface area (Å²) < 4.78 is 7.06. The molecule has 144 valence electrons. The number of anilines is 1. The number of pyridine rings is 1. The molecule has 0 N–H and O–H groups in total. The van der Waals surface area contributed by atoms with Crippen molar-refractivity contribution in [1.29, 1.82) is 0 Å². The Morgan fingerprint density at radius 1 is 1.18 bits per heavy atom. The molecule has 0 aliphatic carbocycles. The number of hydrogen-bond donors (Lipinski definition) is 0. The van der Waals surface area contributed by atoms with Crippen LogP contribution in [0.1, 0.15) is 12.8 Å². The average molecular weight is 380 g/mol. The summed E-state index contributed by atoms with van der Waals surface area (Å²) in [4.78, 5) is 29.9. The molecule has 1 aliphatic rings. The topological polar surface area (TPSA) is 90.0 Å². The van der Waals surface area contributed by atoms with Crippen molar-refractivity contribution in [1.82, 2.24) is 9.38 Å². The molecular formula is C20H20N4O4. The number of fused-ring (bicyclic) bond motifs is 1. The van der Waals surface area contributed by atoms with Gasteiger partial charge < -0.3 is 9.64 Å². The Bertz CT molecular complexity index is 1050. The highest BCUT2D eigenvalue weighted by atomic mass is 16.6. The van der Waals surface area contributed by atoms with Crippen molar-refractivity contribution in [3.05, 3.63) is 75.2 Å². The minimum absolute atomic E-state index is 0.144. The maximum absolute atomic E-state index is 12.7. The first-order valence-corrected chi connectivity index (χ1v) is 9.22. The third-order valence-corrected chi connectivity index (χ3v) is 4.92. The molecule has 0 saturated carbocycles. The Morgan fingerprint density at radius 3 is 2.75 bits per heavy atom. The fourth-order valence-electron chi connectivity index (χ4n) is 3.57. The van der Waals surface area contributed by atoms with Crippen LogP contribution in [0, 0.1) is 16.0 Å². The highest BCUT2D eigenvalue weighted by Gasteiger charge is 2.31. The molecule has 1 fully saturated rings. The van der Waals surface area contributed by atoms with Gasteiger partial charge in [-0.3, -0.25) is 19.3 Å². The lowest BCUT2D eigenvalue weighted by Gasteiger charge is -2.33. The number of hydrogen-bond acceptors (Lipinski definition) is 6. The van der Waals surface area contributed by atoms with Crippen LogP contribution >= 0.6 is 0 Å². The van der Waals surface area contributed by atoms with Crippen LogP contribution in [0.3, 0.4) is 0 Å². The molecule has 2 aromatic heterocycles. The molecule has 8 heteroatoms. The summed E-state index contributed by atoms with van der Waals surface area (Å²) in [7, 11) is 0. The summed E-state index contributed by atoms with van der Waals surface area (Å²) in [5.74, 6) is 1.14. The first-order valence-electron chi connectivity index (χ1n) is 9.22. The number of aromatic nitrogens is 2. The Kier molecular flexibility index (Phi) is 4.92. The normalized spacial score (nSPS) is 16.9. The maximum atomic E-state index is 12.7. The van der Waals surface area contributed by atoms with Crippen molar-refractivity contribution in [2.45, 2.75) is 12.8 Å². The van der Waals surface area contributed by atoms with Crippen molar-refractivity contribution in [3.8, 4) is 5.75 Å². The van der Waals surface area contributed by atoms with E-state index in [0.29, 0.717) is 25.3 Å². The molecule has 1 saturated heterocycles. The van der Waals surface area contributed by atoms with E-state index in [-0.39, 0.29) is 11.7 Å². The van der Waals surface area contributed by atoms with Crippen molar-refractivity contribution in [2.75, 3.05) is 24.6 Å². The van der Waals surface area contributed by atoms with Crippen LogP contribution in [0.2, 0.25) is 0 Å². The monoisotopic (exact) mass is 380 g/mol. The molecule has 0 spiro atoms. The Balaban J connectivity index is 1.61. The van der Waals surface area contributed by atoms with E-state index in [4.69, 9.17) is 4.74 Å². The molecule has 3 aromatic rings. The van der Waals surface area contributed by atoms with Crippen LogP contribution < -0.4 is 15.2 Å². The third-order valence-electron chi connectivity index (χ3n) is 4.92. The number of piperidine rings is 1. The molecule has 0 amide bonds. The lowest BCUT2D eigenvalue weighted by atomic mass is 9.99. The van der Waals surface area contributed by atoms with E-state index >= 15 is 0 Å². The van der Waals surface area contributed by atoms with E-state index in [1.807, 2.05) is 35.2 Å². The average Bonchev–Trinajstić information content (AvgIpc) is 2.73. The van der Waals surface area contributed by atoms with Crippen LogP contribution in [0.25, 0.3) is 5.65 Å². The predicted octanol–water partition coefficient (Wildman–Crippen LogP) is 2.90. The fraction of sp³-hybridized carbons (Fsp3) is 0.300. The van der Waals surface area contributed by atoms with Crippen molar-refractivity contribution < 1.29 is 9.66 Å². The lowest BCUT2D eigenvalue weighted by Crippen LogP contribution is -2.39. The Labute approximate surface area is 161 Å². The van der Waals surface area contributed by atoms with Gasteiger partial charge in [0.2, 0.25) is 5.82 Å². The van der Waals surface area contributed by atoms with E-state index in [2.05, 4.69) is 4.98 Å². The van der Waals surface area contributed by atoms with Crippen LogP contribution in [0.15, 0.2) is 59.5 Å². The SMILES string of the molecule is O=c1c([N+](=O)[O-])c(N2CCCC(COc3ccccc3)C2)nc2ccccn12. The summed E-state index contributed by atoms with van der Waals surface area (Å²) in [6, 6.07) is 14.6. The van der Waals surface area contributed by atoms with Crippen molar-refractivity contribution in [2.24, 2.45) is 5.92 Å². The van der Waals surface area contributed by atoms with E-state index < -0.39 is 16.2 Å². The van der Waals surface area contributed by atoms with Gasteiger partial charge in [0.25, 0.3) is 0 Å². The zero-order valence-electron chi connectivity index (χ0n) is 15.2. The number of nitrogens with zero attached hydrogens (tertiary/aromatic N) is 4. The van der Waals surface area contributed by atoms with E-state index in [1.165, 1.54) is 10.6 Å². The summed E-state index contributed by atoms with van der Waals surface area (Å²) in [6.07, 6.45) is 3.31. The second-order valence-corrected chi connectivity index (χ2v) is 6.85. The molecule has 4 rings (SSSR count). The molecule has 1 aromatic carbocycles. The molecule has 8 nitrogen and oxygen atoms in total. The van der Waals surface area contributed by atoms with Crippen LogP contribution in [0.5, 0.6) is 5.75 Å².